The fourth-order valence-electron chi connectivity index (χ4n) is 2.43. The molecule has 2 rings (SSSR count). The first-order valence-corrected chi connectivity index (χ1v) is 6.40. The summed E-state index contributed by atoms with van der Waals surface area (Å²) in [6.45, 7) is 4.26. The second-order valence-electron chi connectivity index (χ2n) is 4.72. The van der Waals surface area contributed by atoms with Crippen molar-refractivity contribution in [2.24, 2.45) is 0 Å². The Kier molecular flexibility index (Phi) is 3.84. The van der Waals surface area contributed by atoms with E-state index in [9.17, 15) is 4.79 Å². The van der Waals surface area contributed by atoms with Crippen LogP contribution in [-0.2, 0) is 14.3 Å². The summed E-state index contributed by atoms with van der Waals surface area (Å²) in [5.74, 6) is -0.227. The van der Waals surface area contributed by atoms with Crippen LogP contribution in [0.1, 0.15) is 33.1 Å². The largest absolute Gasteiger partial charge is 0.466 e. The van der Waals surface area contributed by atoms with Crippen LogP contribution < -0.4 is 5.32 Å². The Labute approximate surface area is 102 Å². The highest BCUT2D eigenvalue weighted by molar-refractivity contribution is 5.89. The van der Waals surface area contributed by atoms with E-state index in [0.717, 1.165) is 18.4 Å². The summed E-state index contributed by atoms with van der Waals surface area (Å²) in [7, 11) is 1.42. The summed E-state index contributed by atoms with van der Waals surface area (Å²) in [6.07, 6.45) is 5.08. The van der Waals surface area contributed by atoms with Gasteiger partial charge in [0.25, 0.3) is 0 Å². The normalized spacial score (nSPS) is 30.8. The minimum atomic E-state index is -0.227. The van der Waals surface area contributed by atoms with Crippen molar-refractivity contribution >= 4 is 5.97 Å². The van der Waals surface area contributed by atoms with E-state index in [1.54, 1.807) is 0 Å². The molecular weight excluding hydrogens is 218 g/mol. The van der Waals surface area contributed by atoms with Crippen molar-refractivity contribution in [2.45, 2.75) is 57.4 Å². The number of nitrogens with one attached hydrogen (secondary N) is 1. The first kappa shape index (κ1) is 12.6. The lowest BCUT2D eigenvalue weighted by atomic mass is 9.96. The third kappa shape index (κ3) is 2.69. The predicted molar refractivity (Wildman–Crippen MR) is 64.7 cm³/mol. The van der Waals surface area contributed by atoms with Gasteiger partial charge in [-0.1, -0.05) is 19.9 Å². The first-order chi connectivity index (χ1) is 8.19. The van der Waals surface area contributed by atoms with Crippen molar-refractivity contribution in [3.8, 4) is 0 Å². The maximum atomic E-state index is 11.5. The number of rotatable bonds is 5. The molecule has 0 aromatic rings. The van der Waals surface area contributed by atoms with Crippen LogP contribution >= 0.6 is 0 Å². The number of fused-ring (bicyclic) bond motifs is 1. The minimum Gasteiger partial charge on any atom is -0.466 e. The molecule has 0 spiro atoms. The maximum absolute atomic E-state index is 11.5. The summed E-state index contributed by atoms with van der Waals surface area (Å²) < 4.78 is 10.8. The van der Waals surface area contributed by atoms with Crippen LogP contribution in [0.5, 0.6) is 0 Å². The number of carbonyl (C=O) groups is 1. The van der Waals surface area contributed by atoms with Crippen molar-refractivity contribution in [1.29, 1.82) is 0 Å². The third-order valence-corrected chi connectivity index (χ3v) is 3.59. The Hall–Kier alpha value is -0.870. The lowest BCUT2D eigenvalue weighted by Crippen LogP contribution is -2.31. The van der Waals surface area contributed by atoms with Crippen LogP contribution in [0.4, 0.5) is 0 Å². The van der Waals surface area contributed by atoms with Crippen molar-refractivity contribution in [3.63, 3.8) is 0 Å². The van der Waals surface area contributed by atoms with Crippen LogP contribution in [0.3, 0.4) is 0 Å². The quantitative estimate of drug-likeness (QED) is 0.582. The Morgan fingerprint density at radius 3 is 2.82 bits per heavy atom. The molecule has 1 fully saturated rings. The topological polar surface area (TPSA) is 57.5 Å². The Morgan fingerprint density at radius 2 is 2.24 bits per heavy atom. The van der Waals surface area contributed by atoms with Gasteiger partial charge in [0.05, 0.1) is 25.4 Å². The van der Waals surface area contributed by atoms with Gasteiger partial charge in [0.15, 0.2) is 0 Å². The summed E-state index contributed by atoms with van der Waals surface area (Å²) in [5, 5.41) is 3.33. The van der Waals surface area contributed by atoms with Crippen molar-refractivity contribution in [3.05, 3.63) is 11.6 Å². The zero-order valence-corrected chi connectivity index (χ0v) is 10.7. The Balaban J connectivity index is 1.98. The molecule has 1 N–H and O–H groups in total. The minimum absolute atomic E-state index is 0.115. The number of hydrogen-bond donors (Lipinski definition) is 1. The van der Waals surface area contributed by atoms with E-state index in [4.69, 9.17) is 9.47 Å². The van der Waals surface area contributed by atoms with Crippen molar-refractivity contribution < 1.29 is 14.3 Å². The smallest absolute Gasteiger partial charge is 0.333 e. The second kappa shape index (κ2) is 5.19. The van der Waals surface area contributed by atoms with Crippen LogP contribution in [0.2, 0.25) is 0 Å². The number of methoxy groups -OCH3 is 1. The van der Waals surface area contributed by atoms with Crippen LogP contribution in [0.25, 0.3) is 0 Å². The Bertz CT molecular complexity index is 323. The number of hydrogen-bond acceptors (Lipinski definition) is 4. The van der Waals surface area contributed by atoms with Gasteiger partial charge in [0, 0.05) is 18.0 Å². The van der Waals surface area contributed by atoms with Crippen molar-refractivity contribution in [2.75, 3.05) is 7.11 Å². The van der Waals surface area contributed by atoms with E-state index in [0.29, 0.717) is 24.6 Å². The van der Waals surface area contributed by atoms with E-state index in [-0.39, 0.29) is 12.1 Å². The molecule has 4 nitrogen and oxygen atoms in total. The third-order valence-electron chi connectivity index (χ3n) is 3.59. The molecular formula is C13H21NO3. The summed E-state index contributed by atoms with van der Waals surface area (Å²) in [6, 6.07) is 0.696. The zero-order valence-electron chi connectivity index (χ0n) is 10.7. The molecule has 2 aliphatic rings. The van der Waals surface area contributed by atoms with Gasteiger partial charge in [-0.25, -0.2) is 4.79 Å². The molecule has 4 heteroatoms. The van der Waals surface area contributed by atoms with Gasteiger partial charge in [0.1, 0.15) is 0 Å². The van der Waals surface area contributed by atoms with Gasteiger partial charge < -0.3 is 14.8 Å². The maximum Gasteiger partial charge on any atom is 0.333 e. The van der Waals surface area contributed by atoms with E-state index in [2.05, 4.69) is 19.2 Å². The monoisotopic (exact) mass is 239 g/mol. The molecule has 0 amide bonds. The molecule has 3 atom stereocenters. The average Bonchev–Trinajstić information content (AvgIpc) is 3.13. The van der Waals surface area contributed by atoms with Crippen LogP contribution in [0, 0.1) is 0 Å². The summed E-state index contributed by atoms with van der Waals surface area (Å²) in [4.78, 5) is 11.5. The molecule has 17 heavy (non-hydrogen) atoms. The van der Waals surface area contributed by atoms with Crippen LogP contribution in [0.15, 0.2) is 11.6 Å². The van der Waals surface area contributed by atoms with E-state index < -0.39 is 0 Å². The highest BCUT2D eigenvalue weighted by Crippen LogP contribution is 2.32. The molecule has 1 aliphatic heterocycles. The number of esters is 1. The van der Waals surface area contributed by atoms with Gasteiger partial charge in [-0.3, -0.25) is 0 Å². The van der Waals surface area contributed by atoms with Crippen molar-refractivity contribution in [1.82, 2.24) is 5.32 Å². The van der Waals surface area contributed by atoms with Crippen LogP contribution in [-0.4, -0.2) is 37.4 Å². The van der Waals surface area contributed by atoms with Gasteiger partial charge in [0.2, 0.25) is 0 Å². The van der Waals surface area contributed by atoms with E-state index >= 15 is 0 Å². The zero-order chi connectivity index (χ0) is 12.4. The first-order valence-electron chi connectivity index (χ1n) is 6.40. The fourth-order valence-corrected chi connectivity index (χ4v) is 2.43. The van der Waals surface area contributed by atoms with Gasteiger partial charge >= 0.3 is 5.97 Å². The molecule has 0 saturated carbocycles. The molecule has 1 heterocycles. The average molecular weight is 239 g/mol. The molecule has 0 aromatic carbocycles. The molecule has 0 radical (unpaired) electrons. The molecule has 0 bridgehead atoms. The summed E-state index contributed by atoms with van der Waals surface area (Å²) >= 11 is 0. The fraction of sp³-hybridized carbons (Fsp3) is 0.769. The molecule has 1 saturated heterocycles. The number of ether oxygens (including phenoxy) is 2. The lowest BCUT2D eigenvalue weighted by molar-refractivity contribution is -0.137. The SMILES string of the molecule is CCC(CC)OC1CC(C(=O)OC)=CC2NC21. The van der Waals surface area contributed by atoms with Gasteiger partial charge in [-0.2, -0.15) is 0 Å². The second-order valence-corrected chi connectivity index (χ2v) is 4.72. The molecule has 1 aliphatic carbocycles. The highest BCUT2D eigenvalue weighted by atomic mass is 16.5. The Morgan fingerprint density at radius 1 is 1.53 bits per heavy atom. The summed E-state index contributed by atoms with van der Waals surface area (Å²) in [5.41, 5.74) is 0.745. The van der Waals surface area contributed by atoms with Gasteiger partial charge in [-0.15, -0.1) is 0 Å². The highest BCUT2D eigenvalue weighted by Gasteiger charge is 2.46. The number of carbonyl (C=O) groups excluding carboxylic acids is 1. The van der Waals surface area contributed by atoms with E-state index in [1.807, 2.05) is 6.08 Å². The molecule has 96 valence electrons. The van der Waals surface area contributed by atoms with Gasteiger partial charge in [-0.05, 0) is 12.8 Å². The predicted octanol–water partition coefficient (Wildman–Crippen LogP) is 1.40. The molecule has 0 aromatic heterocycles. The van der Waals surface area contributed by atoms with E-state index in [1.165, 1.54) is 7.11 Å². The molecule has 3 unspecified atom stereocenters. The lowest BCUT2D eigenvalue weighted by Gasteiger charge is -2.25. The standard InChI is InChI=1S/C13H21NO3/c1-4-9(5-2)17-11-7-8(13(15)16-3)6-10-12(11)14-10/h6,9-12,14H,4-5,7H2,1-3H3.